The summed E-state index contributed by atoms with van der Waals surface area (Å²) < 4.78 is 13.8. The molecule has 1 fully saturated rings. The zero-order chi connectivity index (χ0) is 13.1. The molecule has 18 heavy (non-hydrogen) atoms. The number of piperidine rings is 1. The zero-order valence-electron chi connectivity index (χ0n) is 10.8. The van der Waals surface area contributed by atoms with Gasteiger partial charge in [-0.3, -0.25) is 4.79 Å². The number of carbonyl (C=O) groups excluding carboxylic acids is 1. The quantitative estimate of drug-likeness (QED) is 0.846. The van der Waals surface area contributed by atoms with Crippen LogP contribution in [-0.4, -0.2) is 18.5 Å². The Balaban J connectivity index is 2.09. The second-order valence-corrected chi connectivity index (χ2v) is 4.92. The van der Waals surface area contributed by atoms with Crippen LogP contribution in [0.3, 0.4) is 0 Å². The first-order valence-corrected chi connectivity index (χ1v) is 6.39. The van der Waals surface area contributed by atoms with E-state index in [9.17, 15) is 9.18 Å². The van der Waals surface area contributed by atoms with Crippen molar-refractivity contribution >= 4 is 11.6 Å². The molecule has 3 nitrogen and oxygen atoms in total. The van der Waals surface area contributed by atoms with Crippen molar-refractivity contribution in [2.75, 3.05) is 11.9 Å². The van der Waals surface area contributed by atoms with E-state index in [1.165, 1.54) is 0 Å². The van der Waals surface area contributed by atoms with E-state index in [0.717, 1.165) is 19.4 Å². The molecular weight excluding hydrogens is 231 g/mol. The van der Waals surface area contributed by atoms with Gasteiger partial charge in [-0.05, 0) is 44.9 Å². The van der Waals surface area contributed by atoms with Crippen molar-refractivity contribution in [1.29, 1.82) is 0 Å². The fourth-order valence-corrected chi connectivity index (χ4v) is 2.37. The molecule has 4 heteroatoms. The third-order valence-corrected chi connectivity index (χ3v) is 3.55. The maximum Gasteiger partial charge on any atom is 0.229 e. The molecule has 2 atom stereocenters. The molecule has 1 saturated heterocycles. The van der Waals surface area contributed by atoms with Crippen molar-refractivity contribution in [2.24, 2.45) is 5.92 Å². The van der Waals surface area contributed by atoms with E-state index < -0.39 is 0 Å². The molecule has 0 spiro atoms. The van der Waals surface area contributed by atoms with Gasteiger partial charge in [-0.1, -0.05) is 12.1 Å². The summed E-state index contributed by atoms with van der Waals surface area (Å²) in [4.78, 5) is 12.1. The normalized spacial score (nSPS) is 23.7. The standard InChI is InChI=1S/C14H19FN2O/c1-9-5-3-7-12(13(9)15)17-14(18)11-6-4-8-16-10(11)2/h3,5,7,10-11,16H,4,6,8H2,1-2H3,(H,17,18). The van der Waals surface area contributed by atoms with E-state index in [-0.39, 0.29) is 29.4 Å². The summed E-state index contributed by atoms with van der Waals surface area (Å²) in [5, 5.41) is 5.97. The molecule has 0 bridgehead atoms. The Morgan fingerprint density at radius 2 is 2.28 bits per heavy atom. The molecule has 0 saturated carbocycles. The average molecular weight is 250 g/mol. The number of hydrogen-bond donors (Lipinski definition) is 2. The Morgan fingerprint density at radius 3 is 3.00 bits per heavy atom. The Morgan fingerprint density at radius 1 is 1.50 bits per heavy atom. The minimum atomic E-state index is -0.345. The number of carbonyl (C=O) groups is 1. The first-order chi connectivity index (χ1) is 8.59. The van der Waals surface area contributed by atoms with Gasteiger partial charge < -0.3 is 10.6 Å². The van der Waals surface area contributed by atoms with Crippen molar-refractivity contribution in [3.63, 3.8) is 0 Å². The van der Waals surface area contributed by atoms with Crippen LogP contribution >= 0.6 is 0 Å². The summed E-state index contributed by atoms with van der Waals surface area (Å²) >= 11 is 0. The van der Waals surface area contributed by atoms with Gasteiger partial charge in [0.2, 0.25) is 5.91 Å². The first kappa shape index (κ1) is 13.0. The van der Waals surface area contributed by atoms with Gasteiger partial charge in [-0.25, -0.2) is 4.39 Å². The second-order valence-electron chi connectivity index (χ2n) is 4.92. The molecule has 1 aliphatic rings. The predicted octanol–water partition coefficient (Wildman–Crippen LogP) is 2.46. The van der Waals surface area contributed by atoms with Crippen LogP contribution < -0.4 is 10.6 Å². The Hall–Kier alpha value is -1.42. The van der Waals surface area contributed by atoms with E-state index in [1.54, 1.807) is 25.1 Å². The van der Waals surface area contributed by atoms with Crippen LogP contribution in [0, 0.1) is 18.7 Å². The van der Waals surface area contributed by atoms with Gasteiger partial charge in [0.25, 0.3) is 0 Å². The lowest BCUT2D eigenvalue weighted by Gasteiger charge is -2.28. The lowest BCUT2D eigenvalue weighted by Crippen LogP contribution is -2.44. The van der Waals surface area contributed by atoms with Crippen molar-refractivity contribution in [2.45, 2.75) is 32.7 Å². The second kappa shape index (κ2) is 5.48. The molecule has 2 N–H and O–H groups in total. The largest absolute Gasteiger partial charge is 0.323 e. The SMILES string of the molecule is Cc1cccc(NC(=O)C2CCCNC2C)c1F. The number of benzene rings is 1. The molecule has 2 unspecified atom stereocenters. The summed E-state index contributed by atoms with van der Waals surface area (Å²) in [6.07, 6.45) is 1.84. The number of nitrogens with one attached hydrogen (secondary N) is 2. The van der Waals surface area contributed by atoms with Gasteiger partial charge in [0.1, 0.15) is 5.82 Å². The van der Waals surface area contributed by atoms with E-state index in [2.05, 4.69) is 10.6 Å². The van der Waals surface area contributed by atoms with Crippen LogP contribution in [-0.2, 0) is 4.79 Å². The highest BCUT2D eigenvalue weighted by atomic mass is 19.1. The highest BCUT2D eigenvalue weighted by molar-refractivity contribution is 5.93. The molecule has 0 aliphatic carbocycles. The number of amides is 1. The molecule has 1 amide bonds. The minimum Gasteiger partial charge on any atom is -0.323 e. The maximum absolute atomic E-state index is 13.8. The van der Waals surface area contributed by atoms with Gasteiger partial charge in [0.15, 0.2) is 0 Å². The van der Waals surface area contributed by atoms with Gasteiger partial charge in [-0.15, -0.1) is 0 Å². The fraction of sp³-hybridized carbons (Fsp3) is 0.500. The lowest BCUT2D eigenvalue weighted by atomic mass is 9.91. The number of hydrogen-bond acceptors (Lipinski definition) is 2. The van der Waals surface area contributed by atoms with Crippen LogP contribution in [0.15, 0.2) is 18.2 Å². The van der Waals surface area contributed by atoms with E-state index in [1.807, 2.05) is 6.92 Å². The number of halogens is 1. The molecule has 1 aromatic rings. The third kappa shape index (κ3) is 2.70. The molecule has 1 heterocycles. The zero-order valence-corrected chi connectivity index (χ0v) is 10.8. The highest BCUT2D eigenvalue weighted by Gasteiger charge is 2.27. The van der Waals surface area contributed by atoms with E-state index >= 15 is 0 Å². The monoisotopic (exact) mass is 250 g/mol. The molecule has 1 aliphatic heterocycles. The predicted molar refractivity (Wildman–Crippen MR) is 70.0 cm³/mol. The van der Waals surface area contributed by atoms with Gasteiger partial charge >= 0.3 is 0 Å². The molecular formula is C14H19FN2O. The van der Waals surface area contributed by atoms with Gasteiger partial charge in [0, 0.05) is 6.04 Å². The lowest BCUT2D eigenvalue weighted by molar-refractivity contribution is -0.121. The van der Waals surface area contributed by atoms with E-state index in [0.29, 0.717) is 5.56 Å². The summed E-state index contributed by atoms with van der Waals surface area (Å²) in [6.45, 7) is 4.63. The topological polar surface area (TPSA) is 41.1 Å². The Labute approximate surface area is 107 Å². The Kier molecular flexibility index (Phi) is 3.97. The summed E-state index contributed by atoms with van der Waals surface area (Å²) in [5.41, 5.74) is 0.820. The third-order valence-electron chi connectivity index (χ3n) is 3.55. The van der Waals surface area contributed by atoms with Crippen LogP contribution in [0.25, 0.3) is 0 Å². The van der Waals surface area contributed by atoms with Gasteiger partial charge in [-0.2, -0.15) is 0 Å². The van der Waals surface area contributed by atoms with Crippen LogP contribution in [0.1, 0.15) is 25.3 Å². The van der Waals surface area contributed by atoms with Gasteiger partial charge in [0.05, 0.1) is 11.6 Å². The van der Waals surface area contributed by atoms with Crippen molar-refractivity contribution < 1.29 is 9.18 Å². The smallest absolute Gasteiger partial charge is 0.229 e. The van der Waals surface area contributed by atoms with Crippen LogP contribution in [0.4, 0.5) is 10.1 Å². The van der Waals surface area contributed by atoms with Crippen LogP contribution in [0.2, 0.25) is 0 Å². The van der Waals surface area contributed by atoms with Crippen molar-refractivity contribution in [3.8, 4) is 0 Å². The fourth-order valence-electron chi connectivity index (χ4n) is 2.37. The number of aryl methyl sites for hydroxylation is 1. The highest BCUT2D eigenvalue weighted by Crippen LogP contribution is 2.21. The molecule has 98 valence electrons. The average Bonchev–Trinajstić information content (AvgIpc) is 2.35. The van der Waals surface area contributed by atoms with Crippen LogP contribution in [0.5, 0.6) is 0 Å². The van der Waals surface area contributed by atoms with Crippen molar-refractivity contribution in [1.82, 2.24) is 5.32 Å². The molecule has 0 aromatic heterocycles. The van der Waals surface area contributed by atoms with E-state index in [4.69, 9.17) is 0 Å². The maximum atomic E-state index is 13.8. The van der Waals surface area contributed by atoms with Crippen molar-refractivity contribution in [3.05, 3.63) is 29.6 Å². The molecule has 2 rings (SSSR count). The number of anilines is 1. The molecule has 0 radical (unpaired) electrons. The summed E-state index contributed by atoms with van der Waals surface area (Å²) in [6, 6.07) is 5.18. The summed E-state index contributed by atoms with van der Waals surface area (Å²) in [7, 11) is 0. The summed E-state index contributed by atoms with van der Waals surface area (Å²) in [5.74, 6) is -0.528. The molecule has 1 aromatic carbocycles. The number of rotatable bonds is 2. The Bertz CT molecular complexity index is 447. The first-order valence-electron chi connectivity index (χ1n) is 6.39. The minimum absolute atomic E-state index is 0.0846.